The monoisotopic (exact) mass is 363 g/mol. The first-order chi connectivity index (χ1) is 13.1. The highest BCUT2D eigenvalue weighted by molar-refractivity contribution is 6.11. The maximum atomic E-state index is 12.8. The van der Waals surface area contributed by atoms with Gasteiger partial charge in [0.2, 0.25) is 18.1 Å². The molecule has 0 aliphatic rings. The van der Waals surface area contributed by atoms with Gasteiger partial charge in [-0.25, -0.2) is 4.98 Å². The molecule has 3 aromatic rings. The lowest BCUT2D eigenvalue weighted by molar-refractivity contribution is -0.105. The third kappa shape index (κ3) is 4.30. The van der Waals surface area contributed by atoms with E-state index in [1.165, 1.54) is 6.20 Å². The Morgan fingerprint density at radius 1 is 1.15 bits per heavy atom. The minimum absolute atomic E-state index is 0.0997. The molecule has 1 heterocycles. The molecule has 27 heavy (non-hydrogen) atoms. The summed E-state index contributed by atoms with van der Waals surface area (Å²) >= 11 is 0. The van der Waals surface area contributed by atoms with Gasteiger partial charge in [0.25, 0.3) is 0 Å². The van der Waals surface area contributed by atoms with Gasteiger partial charge in [0.1, 0.15) is 0 Å². The van der Waals surface area contributed by atoms with E-state index in [1.807, 2.05) is 49.3 Å². The Hall–Kier alpha value is -3.25. The summed E-state index contributed by atoms with van der Waals surface area (Å²) in [5.41, 5.74) is 1.95. The topological polar surface area (TPSA) is 75.4 Å². The Morgan fingerprint density at radius 2 is 1.85 bits per heavy atom. The van der Waals surface area contributed by atoms with Crippen LogP contribution in [0.4, 0.5) is 5.69 Å². The molecule has 0 unspecified atom stereocenters. The predicted octanol–water partition coefficient (Wildman–Crippen LogP) is 3.32. The van der Waals surface area contributed by atoms with Crippen LogP contribution in [-0.4, -0.2) is 36.2 Å². The van der Waals surface area contributed by atoms with E-state index in [9.17, 15) is 9.59 Å². The van der Waals surface area contributed by atoms with Gasteiger partial charge in [-0.1, -0.05) is 42.5 Å². The van der Waals surface area contributed by atoms with E-state index in [-0.39, 0.29) is 17.6 Å². The lowest BCUT2D eigenvalue weighted by atomic mass is 10.1. The highest BCUT2D eigenvalue weighted by Gasteiger charge is 2.24. The standard InChI is InChI=1S/C21H21N3O3/c1-24(2)18(12-15-8-4-3-5-9-15)21-22-13-19(27-21)20(26)16-10-6-7-11-17(16)23-14-25/h3-11,13-14,18H,12H2,1-2H3,(H,23,25)/t18-/m0/s1. The number of nitrogens with one attached hydrogen (secondary N) is 1. The number of carbonyl (C=O) groups excluding carboxylic acids is 2. The molecule has 1 N–H and O–H groups in total. The Kier molecular flexibility index (Phi) is 5.78. The number of amides is 1. The fourth-order valence-corrected chi connectivity index (χ4v) is 2.88. The molecule has 6 nitrogen and oxygen atoms in total. The molecule has 3 rings (SSSR count). The first-order valence-electron chi connectivity index (χ1n) is 8.60. The van der Waals surface area contributed by atoms with E-state index in [2.05, 4.69) is 10.3 Å². The molecule has 6 heteroatoms. The lowest BCUT2D eigenvalue weighted by Gasteiger charge is -2.21. The molecule has 0 saturated carbocycles. The second-order valence-electron chi connectivity index (χ2n) is 6.37. The van der Waals surface area contributed by atoms with Gasteiger partial charge < -0.3 is 9.73 Å². The van der Waals surface area contributed by atoms with Crippen LogP contribution in [0.3, 0.4) is 0 Å². The molecule has 1 amide bonds. The Bertz CT molecular complexity index is 919. The van der Waals surface area contributed by atoms with Crippen LogP contribution >= 0.6 is 0 Å². The average Bonchev–Trinajstić information content (AvgIpc) is 3.16. The highest BCUT2D eigenvalue weighted by atomic mass is 16.4. The molecule has 0 radical (unpaired) electrons. The minimum atomic E-state index is -0.323. The lowest BCUT2D eigenvalue weighted by Crippen LogP contribution is -2.22. The van der Waals surface area contributed by atoms with E-state index in [0.29, 0.717) is 30.0 Å². The maximum absolute atomic E-state index is 12.8. The number of hydrogen-bond acceptors (Lipinski definition) is 5. The van der Waals surface area contributed by atoms with E-state index in [0.717, 1.165) is 5.56 Å². The summed E-state index contributed by atoms with van der Waals surface area (Å²) in [7, 11) is 3.89. The Labute approximate surface area is 157 Å². The van der Waals surface area contributed by atoms with E-state index in [4.69, 9.17) is 4.42 Å². The number of aromatic nitrogens is 1. The molecular weight excluding hydrogens is 342 g/mol. The summed E-state index contributed by atoms with van der Waals surface area (Å²) in [4.78, 5) is 29.9. The smallest absolute Gasteiger partial charge is 0.231 e. The van der Waals surface area contributed by atoms with Crippen molar-refractivity contribution in [3.63, 3.8) is 0 Å². The van der Waals surface area contributed by atoms with Gasteiger partial charge in [-0.3, -0.25) is 14.5 Å². The van der Waals surface area contributed by atoms with Crippen LogP contribution in [0.15, 0.2) is 65.2 Å². The second-order valence-corrected chi connectivity index (χ2v) is 6.37. The van der Waals surface area contributed by atoms with Gasteiger partial charge in [0.15, 0.2) is 5.76 Å². The molecule has 1 atom stereocenters. The van der Waals surface area contributed by atoms with Crippen LogP contribution in [0, 0.1) is 0 Å². The van der Waals surface area contributed by atoms with Crippen molar-refractivity contribution in [3.8, 4) is 0 Å². The Balaban J connectivity index is 1.86. The molecule has 0 saturated heterocycles. The Morgan fingerprint density at radius 3 is 2.56 bits per heavy atom. The molecule has 0 spiro atoms. The third-order valence-electron chi connectivity index (χ3n) is 4.31. The van der Waals surface area contributed by atoms with Crippen molar-refractivity contribution in [2.45, 2.75) is 12.5 Å². The van der Waals surface area contributed by atoms with Crippen LogP contribution in [-0.2, 0) is 11.2 Å². The normalized spacial score (nSPS) is 12.0. The number of likely N-dealkylation sites (N-methyl/N-ethyl adjacent to an activating group) is 1. The van der Waals surface area contributed by atoms with Gasteiger partial charge in [-0.15, -0.1) is 0 Å². The number of carbonyl (C=O) groups is 2. The summed E-state index contributed by atoms with van der Waals surface area (Å²) < 4.78 is 5.81. The average molecular weight is 363 g/mol. The number of para-hydroxylation sites is 1. The highest BCUT2D eigenvalue weighted by Crippen LogP contribution is 2.25. The zero-order valence-electron chi connectivity index (χ0n) is 15.3. The van der Waals surface area contributed by atoms with Crippen LogP contribution in [0.2, 0.25) is 0 Å². The molecule has 1 aromatic heterocycles. The van der Waals surface area contributed by atoms with Crippen LogP contribution in [0.5, 0.6) is 0 Å². The zero-order valence-corrected chi connectivity index (χ0v) is 15.3. The molecular formula is C21H21N3O3. The first kappa shape index (κ1) is 18.5. The van der Waals surface area contributed by atoms with E-state index in [1.54, 1.807) is 24.3 Å². The molecule has 0 fully saturated rings. The van der Waals surface area contributed by atoms with Crippen LogP contribution < -0.4 is 5.32 Å². The number of oxazole rings is 1. The maximum Gasteiger partial charge on any atom is 0.231 e. The zero-order chi connectivity index (χ0) is 19.2. The molecule has 0 aliphatic heterocycles. The summed E-state index contributed by atoms with van der Waals surface area (Å²) in [6, 6.07) is 16.7. The van der Waals surface area contributed by atoms with E-state index >= 15 is 0 Å². The number of benzene rings is 2. The SMILES string of the molecule is CN(C)[C@@H](Cc1ccccc1)c1ncc(C(=O)c2ccccc2NC=O)o1. The van der Waals surface area contributed by atoms with Crippen molar-refractivity contribution in [3.05, 3.63) is 83.6 Å². The summed E-state index contributed by atoms with van der Waals surface area (Å²) in [6.45, 7) is 0. The van der Waals surface area contributed by atoms with Crippen molar-refractivity contribution in [1.29, 1.82) is 0 Å². The van der Waals surface area contributed by atoms with E-state index < -0.39 is 0 Å². The molecule has 0 aliphatic carbocycles. The number of anilines is 1. The number of ketones is 1. The first-order valence-corrected chi connectivity index (χ1v) is 8.60. The van der Waals surface area contributed by atoms with Gasteiger partial charge in [0, 0.05) is 5.56 Å². The molecule has 138 valence electrons. The van der Waals surface area contributed by atoms with Gasteiger partial charge in [0.05, 0.1) is 17.9 Å². The fraction of sp³-hybridized carbons (Fsp3) is 0.190. The number of nitrogens with zero attached hydrogens (tertiary/aromatic N) is 2. The molecule has 2 aromatic carbocycles. The van der Waals surface area contributed by atoms with Crippen LogP contribution in [0.1, 0.15) is 33.6 Å². The van der Waals surface area contributed by atoms with Crippen molar-refractivity contribution in [2.75, 3.05) is 19.4 Å². The van der Waals surface area contributed by atoms with Crippen molar-refractivity contribution >= 4 is 17.9 Å². The minimum Gasteiger partial charge on any atom is -0.435 e. The second kappa shape index (κ2) is 8.42. The van der Waals surface area contributed by atoms with Gasteiger partial charge in [-0.2, -0.15) is 0 Å². The van der Waals surface area contributed by atoms with Crippen LogP contribution in [0.25, 0.3) is 0 Å². The van der Waals surface area contributed by atoms with Crippen molar-refractivity contribution in [1.82, 2.24) is 9.88 Å². The largest absolute Gasteiger partial charge is 0.435 e. The summed E-state index contributed by atoms with van der Waals surface area (Å²) in [5.74, 6) is 0.300. The van der Waals surface area contributed by atoms with Gasteiger partial charge >= 0.3 is 0 Å². The number of hydrogen-bond donors (Lipinski definition) is 1. The van der Waals surface area contributed by atoms with Crippen molar-refractivity contribution < 1.29 is 14.0 Å². The predicted molar refractivity (Wildman–Crippen MR) is 103 cm³/mol. The van der Waals surface area contributed by atoms with Gasteiger partial charge in [-0.05, 0) is 38.2 Å². The quantitative estimate of drug-likeness (QED) is 0.491. The number of rotatable bonds is 8. The summed E-state index contributed by atoms with van der Waals surface area (Å²) in [5, 5.41) is 2.54. The fourth-order valence-electron chi connectivity index (χ4n) is 2.88. The third-order valence-corrected chi connectivity index (χ3v) is 4.31. The van der Waals surface area contributed by atoms with Crippen molar-refractivity contribution in [2.24, 2.45) is 0 Å². The summed E-state index contributed by atoms with van der Waals surface area (Å²) in [6.07, 6.45) is 2.70. The molecule has 0 bridgehead atoms.